The fourth-order valence-electron chi connectivity index (χ4n) is 3.20. The van der Waals surface area contributed by atoms with Crippen molar-refractivity contribution in [3.8, 4) is 5.75 Å². The molecule has 0 fully saturated rings. The molecule has 1 aliphatic heterocycles. The highest BCUT2D eigenvalue weighted by atomic mass is 16.5. The van der Waals surface area contributed by atoms with Gasteiger partial charge in [0.25, 0.3) is 5.91 Å². The molecule has 2 aromatic carbocycles. The average Bonchev–Trinajstić information content (AvgIpc) is 2.72. The van der Waals surface area contributed by atoms with Gasteiger partial charge in [-0.2, -0.15) is 0 Å². The number of hydrogen-bond donors (Lipinski definition) is 2. The molecule has 1 atom stereocenters. The zero-order chi connectivity index (χ0) is 20.4. The van der Waals surface area contributed by atoms with E-state index in [9.17, 15) is 9.59 Å². The third-order valence-electron chi connectivity index (χ3n) is 4.67. The first-order valence-corrected chi connectivity index (χ1v) is 9.18. The van der Waals surface area contributed by atoms with Crippen molar-refractivity contribution in [2.45, 2.75) is 13.0 Å². The van der Waals surface area contributed by atoms with Crippen molar-refractivity contribution < 1.29 is 14.3 Å². The molecule has 0 bridgehead atoms. The van der Waals surface area contributed by atoms with Crippen molar-refractivity contribution in [1.29, 1.82) is 0 Å². The lowest BCUT2D eigenvalue weighted by Crippen LogP contribution is -2.45. The third-order valence-corrected chi connectivity index (χ3v) is 4.67. The first-order valence-electron chi connectivity index (χ1n) is 9.18. The predicted molar refractivity (Wildman–Crippen MR) is 111 cm³/mol. The number of para-hydroxylation sites is 1. The lowest BCUT2D eigenvalue weighted by atomic mass is 10.1. The SMILES string of the molecule is Cc1ccccc1NC(=O)CN1C(=O)C(c2ccccc2)Oc2ccc(N)nc21. The van der Waals surface area contributed by atoms with E-state index in [1.165, 1.54) is 4.90 Å². The Balaban J connectivity index is 1.65. The Labute approximate surface area is 168 Å². The van der Waals surface area contributed by atoms with Crippen molar-refractivity contribution in [1.82, 2.24) is 4.98 Å². The number of carbonyl (C=O) groups excluding carboxylic acids is 2. The number of amides is 2. The molecule has 0 radical (unpaired) electrons. The van der Waals surface area contributed by atoms with E-state index in [0.29, 0.717) is 17.0 Å². The van der Waals surface area contributed by atoms with Crippen LogP contribution in [0.3, 0.4) is 0 Å². The van der Waals surface area contributed by atoms with Crippen LogP contribution in [0.15, 0.2) is 66.7 Å². The summed E-state index contributed by atoms with van der Waals surface area (Å²) < 4.78 is 5.89. The number of nitrogens with zero attached hydrogens (tertiary/aromatic N) is 2. The Morgan fingerprint density at radius 3 is 2.59 bits per heavy atom. The van der Waals surface area contributed by atoms with Crippen LogP contribution in [0.2, 0.25) is 0 Å². The monoisotopic (exact) mass is 388 g/mol. The van der Waals surface area contributed by atoms with E-state index in [0.717, 1.165) is 5.56 Å². The van der Waals surface area contributed by atoms with E-state index in [-0.39, 0.29) is 30.0 Å². The van der Waals surface area contributed by atoms with Crippen molar-refractivity contribution >= 4 is 29.1 Å². The molecular formula is C22H20N4O3. The van der Waals surface area contributed by atoms with E-state index in [1.54, 1.807) is 12.1 Å². The molecule has 7 heteroatoms. The highest BCUT2D eigenvalue weighted by Crippen LogP contribution is 2.38. The summed E-state index contributed by atoms with van der Waals surface area (Å²) in [5, 5.41) is 2.85. The highest BCUT2D eigenvalue weighted by Gasteiger charge is 2.37. The highest BCUT2D eigenvalue weighted by molar-refractivity contribution is 6.06. The van der Waals surface area contributed by atoms with Gasteiger partial charge in [0.15, 0.2) is 11.6 Å². The van der Waals surface area contributed by atoms with Crippen LogP contribution in [-0.4, -0.2) is 23.3 Å². The number of benzene rings is 2. The summed E-state index contributed by atoms with van der Waals surface area (Å²) in [7, 11) is 0. The molecular weight excluding hydrogens is 368 g/mol. The fourth-order valence-corrected chi connectivity index (χ4v) is 3.20. The fraction of sp³-hybridized carbons (Fsp3) is 0.136. The Morgan fingerprint density at radius 1 is 1.10 bits per heavy atom. The third kappa shape index (κ3) is 3.75. The Morgan fingerprint density at radius 2 is 1.83 bits per heavy atom. The van der Waals surface area contributed by atoms with Crippen LogP contribution in [0.5, 0.6) is 5.75 Å². The average molecular weight is 388 g/mol. The minimum atomic E-state index is -0.861. The van der Waals surface area contributed by atoms with Gasteiger partial charge in [0.2, 0.25) is 12.0 Å². The van der Waals surface area contributed by atoms with Crippen LogP contribution in [-0.2, 0) is 9.59 Å². The maximum atomic E-state index is 13.2. The van der Waals surface area contributed by atoms with Crippen molar-refractivity contribution in [2.24, 2.45) is 0 Å². The summed E-state index contributed by atoms with van der Waals surface area (Å²) in [5.74, 6) is 0.166. The number of fused-ring (bicyclic) bond motifs is 1. The van der Waals surface area contributed by atoms with Gasteiger partial charge in [-0.3, -0.25) is 14.5 Å². The van der Waals surface area contributed by atoms with Gasteiger partial charge in [-0.25, -0.2) is 4.98 Å². The summed E-state index contributed by atoms with van der Waals surface area (Å²) in [5.41, 5.74) is 8.13. The maximum absolute atomic E-state index is 13.2. The number of aryl methyl sites for hydroxylation is 1. The second-order valence-electron chi connectivity index (χ2n) is 6.75. The van der Waals surface area contributed by atoms with Crippen molar-refractivity contribution in [2.75, 3.05) is 22.5 Å². The quantitative estimate of drug-likeness (QED) is 0.716. The van der Waals surface area contributed by atoms with Gasteiger partial charge in [0, 0.05) is 11.3 Å². The van der Waals surface area contributed by atoms with E-state index in [4.69, 9.17) is 10.5 Å². The van der Waals surface area contributed by atoms with Gasteiger partial charge < -0.3 is 15.8 Å². The van der Waals surface area contributed by atoms with E-state index in [2.05, 4.69) is 10.3 Å². The molecule has 2 heterocycles. The van der Waals surface area contributed by atoms with Crippen LogP contribution in [0, 0.1) is 6.92 Å². The van der Waals surface area contributed by atoms with Crippen LogP contribution in [0.25, 0.3) is 0 Å². The van der Waals surface area contributed by atoms with E-state index in [1.807, 2.05) is 61.5 Å². The number of anilines is 3. The Kier molecular flexibility index (Phi) is 4.87. The van der Waals surface area contributed by atoms with Crippen LogP contribution in [0.4, 0.5) is 17.3 Å². The largest absolute Gasteiger partial charge is 0.472 e. The first-order chi connectivity index (χ1) is 14.0. The smallest absolute Gasteiger partial charge is 0.274 e. The Hall–Kier alpha value is -3.87. The van der Waals surface area contributed by atoms with Gasteiger partial charge in [-0.1, -0.05) is 48.5 Å². The number of ether oxygens (including phenoxy) is 1. The van der Waals surface area contributed by atoms with E-state index < -0.39 is 6.10 Å². The number of nitrogen functional groups attached to an aromatic ring is 1. The first kappa shape index (κ1) is 18.5. The zero-order valence-electron chi connectivity index (χ0n) is 15.8. The minimum absolute atomic E-state index is 0.205. The second kappa shape index (κ2) is 7.63. The number of carbonyl (C=O) groups is 2. The minimum Gasteiger partial charge on any atom is -0.472 e. The molecule has 1 aromatic heterocycles. The zero-order valence-corrected chi connectivity index (χ0v) is 15.8. The van der Waals surface area contributed by atoms with Gasteiger partial charge in [-0.05, 0) is 30.7 Å². The van der Waals surface area contributed by atoms with E-state index >= 15 is 0 Å². The summed E-state index contributed by atoms with van der Waals surface area (Å²) in [4.78, 5) is 31.5. The lowest BCUT2D eigenvalue weighted by molar-refractivity contribution is -0.128. The number of nitrogens with one attached hydrogen (secondary N) is 1. The molecule has 0 saturated carbocycles. The standard InChI is InChI=1S/C22H20N4O3/c1-14-7-5-6-10-16(14)24-19(27)13-26-21-17(11-12-18(23)25-21)29-20(22(26)28)15-8-3-2-4-9-15/h2-12,20H,13H2,1H3,(H2,23,25)(H,24,27). The molecule has 7 nitrogen and oxygen atoms in total. The molecule has 146 valence electrons. The summed E-state index contributed by atoms with van der Waals surface area (Å²) in [6.07, 6.45) is -0.861. The van der Waals surface area contributed by atoms with Gasteiger partial charge in [-0.15, -0.1) is 0 Å². The molecule has 3 aromatic rings. The Bertz CT molecular complexity index is 1070. The van der Waals surface area contributed by atoms with Crippen molar-refractivity contribution in [3.05, 3.63) is 77.9 Å². The molecule has 3 N–H and O–H groups in total. The summed E-state index contributed by atoms with van der Waals surface area (Å²) in [6, 6.07) is 19.8. The molecule has 29 heavy (non-hydrogen) atoms. The topological polar surface area (TPSA) is 97.5 Å². The number of pyridine rings is 1. The maximum Gasteiger partial charge on any atom is 0.274 e. The second-order valence-corrected chi connectivity index (χ2v) is 6.75. The summed E-state index contributed by atoms with van der Waals surface area (Å²) in [6.45, 7) is 1.70. The number of rotatable bonds is 4. The molecule has 0 saturated heterocycles. The van der Waals surface area contributed by atoms with Gasteiger partial charge in [0.05, 0.1) is 0 Å². The summed E-state index contributed by atoms with van der Waals surface area (Å²) >= 11 is 0. The molecule has 0 aliphatic carbocycles. The van der Waals surface area contributed by atoms with Crippen LogP contribution < -0.4 is 20.7 Å². The lowest BCUT2D eigenvalue weighted by Gasteiger charge is -2.33. The normalized spacial score (nSPS) is 15.4. The molecule has 2 amide bonds. The number of nitrogens with two attached hydrogens (primary N) is 1. The number of aromatic nitrogens is 1. The molecule has 1 unspecified atom stereocenters. The molecule has 1 aliphatic rings. The molecule has 0 spiro atoms. The van der Waals surface area contributed by atoms with Crippen LogP contribution >= 0.6 is 0 Å². The molecule has 4 rings (SSSR count). The predicted octanol–water partition coefficient (Wildman–Crippen LogP) is 3.08. The van der Waals surface area contributed by atoms with Crippen molar-refractivity contribution in [3.63, 3.8) is 0 Å². The van der Waals surface area contributed by atoms with Gasteiger partial charge in [0.1, 0.15) is 12.4 Å². The number of hydrogen-bond acceptors (Lipinski definition) is 5. The van der Waals surface area contributed by atoms with Gasteiger partial charge >= 0.3 is 0 Å². The van der Waals surface area contributed by atoms with Crippen LogP contribution in [0.1, 0.15) is 17.2 Å².